The summed E-state index contributed by atoms with van der Waals surface area (Å²) in [6.07, 6.45) is 2.28. The van der Waals surface area contributed by atoms with E-state index in [2.05, 4.69) is 27.0 Å². The van der Waals surface area contributed by atoms with E-state index in [9.17, 15) is 4.79 Å². The number of nitrogens with zero attached hydrogens (tertiary/aromatic N) is 2. The maximum Gasteiger partial charge on any atom is 0.253 e. The van der Waals surface area contributed by atoms with E-state index >= 15 is 0 Å². The third-order valence-electron chi connectivity index (χ3n) is 2.66. The van der Waals surface area contributed by atoms with Gasteiger partial charge in [0.05, 0.1) is 17.5 Å². The highest BCUT2D eigenvalue weighted by Gasteiger charge is 2.22. The van der Waals surface area contributed by atoms with Crippen LogP contribution in [0.15, 0.2) is 23.0 Å². The van der Waals surface area contributed by atoms with Gasteiger partial charge < -0.3 is 5.32 Å². The first-order valence-corrected chi connectivity index (χ1v) is 5.91. The third-order valence-corrected chi connectivity index (χ3v) is 3.39. The number of hydrogen-bond donors (Lipinski definition) is 1. The Hall–Kier alpha value is -1.75. The van der Waals surface area contributed by atoms with Gasteiger partial charge in [0, 0.05) is 18.5 Å². The number of thiophene rings is 1. The van der Waals surface area contributed by atoms with Gasteiger partial charge in [-0.1, -0.05) is 0 Å². The molecule has 80 valence electrons. The summed E-state index contributed by atoms with van der Waals surface area (Å²) in [7, 11) is 0. The molecular formula is C11H9N3OS. The Balaban J connectivity index is 2.00. The van der Waals surface area contributed by atoms with Crippen molar-refractivity contribution in [2.45, 2.75) is 13.0 Å². The van der Waals surface area contributed by atoms with Crippen LogP contribution in [0.25, 0.3) is 0 Å². The van der Waals surface area contributed by atoms with Gasteiger partial charge in [0.25, 0.3) is 5.91 Å². The van der Waals surface area contributed by atoms with Crippen LogP contribution in [0.2, 0.25) is 0 Å². The monoisotopic (exact) mass is 231 g/mol. The number of carbonyl (C=O) groups excluding carboxylic acids is 1. The van der Waals surface area contributed by atoms with Crippen LogP contribution >= 0.6 is 11.3 Å². The standard InChI is InChI=1S/C11H9N3OS/c15-11-9-5-13-14-10(8(9)4-12-11)3-7-1-2-16-6-7/h1-2,5-6H,3-4H2,(H,12,15). The molecule has 5 heteroatoms. The molecule has 1 aliphatic heterocycles. The molecule has 0 unspecified atom stereocenters. The summed E-state index contributed by atoms with van der Waals surface area (Å²) >= 11 is 1.66. The van der Waals surface area contributed by atoms with Crippen molar-refractivity contribution in [2.75, 3.05) is 0 Å². The van der Waals surface area contributed by atoms with Gasteiger partial charge in [-0.2, -0.15) is 21.5 Å². The molecule has 4 nitrogen and oxygen atoms in total. The molecule has 0 saturated heterocycles. The lowest BCUT2D eigenvalue weighted by molar-refractivity contribution is 0.0965. The summed E-state index contributed by atoms with van der Waals surface area (Å²) in [5.41, 5.74) is 3.77. The first kappa shape index (κ1) is 9.47. The fourth-order valence-electron chi connectivity index (χ4n) is 1.84. The summed E-state index contributed by atoms with van der Waals surface area (Å²) in [5, 5.41) is 14.9. The van der Waals surface area contributed by atoms with Crippen molar-refractivity contribution < 1.29 is 4.79 Å². The quantitative estimate of drug-likeness (QED) is 0.849. The summed E-state index contributed by atoms with van der Waals surface area (Å²) in [5.74, 6) is -0.0449. The van der Waals surface area contributed by atoms with E-state index in [4.69, 9.17) is 0 Å². The minimum Gasteiger partial charge on any atom is -0.348 e. The van der Waals surface area contributed by atoms with E-state index in [-0.39, 0.29) is 5.91 Å². The highest BCUT2D eigenvalue weighted by Crippen LogP contribution is 2.20. The van der Waals surface area contributed by atoms with Crippen LogP contribution in [0.5, 0.6) is 0 Å². The number of amides is 1. The van der Waals surface area contributed by atoms with Gasteiger partial charge in [0.2, 0.25) is 0 Å². The molecule has 0 fully saturated rings. The molecule has 3 rings (SSSR count). The second-order valence-corrected chi connectivity index (χ2v) is 4.45. The van der Waals surface area contributed by atoms with Gasteiger partial charge in [0.15, 0.2) is 0 Å². The van der Waals surface area contributed by atoms with Crippen LogP contribution < -0.4 is 5.32 Å². The second-order valence-electron chi connectivity index (χ2n) is 3.67. The lowest BCUT2D eigenvalue weighted by Gasteiger charge is -2.02. The van der Waals surface area contributed by atoms with Crippen LogP contribution in [-0.2, 0) is 13.0 Å². The Kier molecular flexibility index (Phi) is 2.18. The lowest BCUT2D eigenvalue weighted by atomic mass is 10.1. The topological polar surface area (TPSA) is 54.9 Å². The van der Waals surface area contributed by atoms with Crippen molar-refractivity contribution in [2.24, 2.45) is 0 Å². The molecule has 16 heavy (non-hydrogen) atoms. The molecule has 3 heterocycles. The average Bonchev–Trinajstić information content (AvgIpc) is 2.90. The predicted octanol–water partition coefficient (Wildman–Crippen LogP) is 1.37. The molecule has 1 N–H and O–H groups in total. The normalized spacial score (nSPS) is 13.6. The predicted molar refractivity (Wildman–Crippen MR) is 60.3 cm³/mol. The third kappa shape index (κ3) is 1.49. The van der Waals surface area contributed by atoms with Crippen LogP contribution in [0, 0.1) is 0 Å². The zero-order valence-corrected chi connectivity index (χ0v) is 9.25. The smallest absolute Gasteiger partial charge is 0.253 e. The van der Waals surface area contributed by atoms with Crippen LogP contribution in [-0.4, -0.2) is 16.1 Å². The number of carbonyl (C=O) groups is 1. The Bertz CT molecular complexity index is 536. The molecule has 0 aromatic carbocycles. The number of nitrogens with one attached hydrogen (secondary N) is 1. The molecular weight excluding hydrogens is 222 g/mol. The second kappa shape index (κ2) is 3.68. The maximum atomic E-state index is 11.4. The van der Waals surface area contributed by atoms with Crippen molar-refractivity contribution in [3.63, 3.8) is 0 Å². The molecule has 1 aliphatic rings. The lowest BCUT2D eigenvalue weighted by Crippen LogP contribution is -2.12. The van der Waals surface area contributed by atoms with E-state index in [0.717, 1.165) is 17.7 Å². The van der Waals surface area contributed by atoms with Gasteiger partial charge in [-0.05, 0) is 22.4 Å². The van der Waals surface area contributed by atoms with Crippen molar-refractivity contribution in [3.8, 4) is 0 Å². The summed E-state index contributed by atoms with van der Waals surface area (Å²) in [4.78, 5) is 11.4. The van der Waals surface area contributed by atoms with Gasteiger partial charge in [0.1, 0.15) is 0 Å². The highest BCUT2D eigenvalue weighted by molar-refractivity contribution is 7.07. The van der Waals surface area contributed by atoms with Gasteiger partial charge in [-0.15, -0.1) is 0 Å². The maximum absolute atomic E-state index is 11.4. The molecule has 2 aromatic rings. The van der Waals surface area contributed by atoms with E-state index in [1.54, 1.807) is 11.3 Å². The Morgan fingerprint density at radius 2 is 2.44 bits per heavy atom. The van der Waals surface area contributed by atoms with Crippen molar-refractivity contribution in [3.05, 3.63) is 45.4 Å². The first-order chi connectivity index (χ1) is 7.84. The highest BCUT2D eigenvalue weighted by atomic mass is 32.1. The Labute approximate surface area is 96.3 Å². The molecule has 0 spiro atoms. The Morgan fingerprint density at radius 3 is 3.25 bits per heavy atom. The molecule has 0 aliphatic carbocycles. The fourth-order valence-corrected chi connectivity index (χ4v) is 2.50. The molecule has 2 aromatic heterocycles. The van der Waals surface area contributed by atoms with E-state index in [1.807, 2.05) is 5.38 Å². The van der Waals surface area contributed by atoms with E-state index < -0.39 is 0 Å². The largest absolute Gasteiger partial charge is 0.348 e. The Morgan fingerprint density at radius 1 is 1.50 bits per heavy atom. The van der Waals surface area contributed by atoms with Crippen molar-refractivity contribution in [1.29, 1.82) is 0 Å². The first-order valence-electron chi connectivity index (χ1n) is 4.97. The average molecular weight is 231 g/mol. The van der Waals surface area contributed by atoms with Crippen molar-refractivity contribution >= 4 is 17.2 Å². The summed E-state index contributed by atoms with van der Waals surface area (Å²) < 4.78 is 0. The number of aromatic nitrogens is 2. The van der Waals surface area contributed by atoms with E-state index in [0.29, 0.717) is 12.1 Å². The van der Waals surface area contributed by atoms with Gasteiger partial charge in [-0.25, -0.2) is 0 Å². The SMILES string of the molecule is O=C1NCc2c1cnnc2Cc1ccsc1. The van der Waals surface area contributed by atoms with Crippen LogP contribution in [0.4, 0.5) is 0 Å². The summed E-state index contributed by atoms with van der Waals surface area (Å²) in [6.45, 7) is 0.573. The molecule has 0 radical (unpaired) electrons. The minimum absolute atomic E-state index is 0.0449. The number of fused-ring (bicyclic) bond motifs is 1. The van der Waals surface area contributed by atoms with Crippen LogP contribution in [0.1, 0.15) is 27.2 Å². The zero-order chi connectivity index (χ0) is 11.0. The molecule has 0 saturated carbocycles. The van der Waals surface area contributed by atoms with Gasteiger partial charge in [-0.3, -0.25) is 4.79 Å². The fraction of sp³-hybridized carbons (Fsp3) is 0.182. The summed E-state index contributed by atoms with van der Waals surface area (Å²) in [6, 6.07) is 2.07. The number of rotatable bonds is 2. The van der Waals surface area contributed by atoms with E-state index in [1.165, 1.54) is 11.8 Å². The van der Waals surface area contributed by atoms with Crippen LogP contribution in [0.3, 0.4) is 0 Å². The molecule has 0 bridgehead atoms. The van der Waals surface area contributed by atoms with Crippen molar-refractivity contribution in [1.82, 2.24) is 15.5 Å². The van der Waals surface area contributed by atoms with Gasteiger partial charge >= 0.3 is 0 Å². The zero-order valence-electron chi connectivity index (χ0n) is 8.43. The minimum atomic E-state index is -0.0449. The molecule has 1 amide bonds. The molecule has 0 atom stereocenters. The number of hydrogen-bond acceptors (Lipinski definition) is 4.